The van der Waals surface area contributed by atoms with E-state index in [9.17, 15) is 22.9 Å². The summed E-state index contributed by atoms with van der Waals surface area (Å²) < 4.78 is 47.2. The van der Waals surface area contributed by atoms with E-state index in [4.69, 9.17) is 4.74 Å². The molecule has 2 aromatic carbocycles. The molecule has 3 rings (SSSR count). The van der Waals surface area contributed by atoms with Crippen molar-refractivity contribution in [2.75, 3.05) is 5.32 Å². The molecule has 170 valence electrons. The second kappa shape index (κ2) is 10.3. The van der Waals surface area contributed by atoms with Gasteiger partial charge in [-0.3, -0.25) is 10.1 Å². The number of nitrogens with zero attached hydrogens (tertiary/aromatic N) is 3. The molecule has 1 aromatic heterocycles. The average Bonchev–Trinajstić information content (AvgIpc) is 3.27. The number of aromatic nitrogens is 2. The molecule has 0 atom stereocenters. The molecule has 1 amide bonds. The van der Waals surface area contributed by atoms with E-state index in [1.807, 2.05) is 6.07 Å². The van der Waals surface area contributed by atoms with Crippen LogP contribution in [0.4, 0.5) is 9.52 Å². The van der Waals surface area contributed by atoms with E-state index < -0.39 is 21.0 Å². The molecule has 0 spiro atoms. The highest BCUT2D eigenvalue weighted by Gasteiger charge is 2.25. The van der Waals surface area contributed by atoms with Crippen LogP contribution in [-0.2, 0) is 21.2 Å². The van der Waals surface area contributed by atoms with Crippen LogP contribution in [-0.4, -0.2) is 28.9 Å². The number of sulfone groups is 1. The number of benzene rings is 2. The van der Waals surface area contributed by atoms with Crippen LogP contribution in [0.2, 0.25) is 0 Å². The molecule has 33 heavy (non-hydrogen) atoms. The lowest BCUT2D eigenvalue weighted by atomic mass is 10.1. The number of amides is 1. The van der Waals surface area contributed by atoms with Gasteiger partial charge in [0, 0.05) is 17.1 Å². The van der Waals surface area contributed by atoms with Crippen molar-refractivity contribution in [3.05, 3.63) is 71.0 Å². The summed E-state index contributed by atoms with van der Waals surface area (Å²) in [5.74, 6) is -0.612. The summed E-state index contributed by atoms with van der Waals surface area (Å²) in [6.07, 6.45) is 1.36. The minimum absolute atomic E-state index is 0.0303. The Kier molecular flexibility index (Phi) is 7.52. The van der Waals surface area contributed by atoms with E-state index in [2.05, 4.69) is 14.7 Å². The first-order chi connectivity index (χ1) is 15.7. The van der Waals surface area contributed by atoms with Gasteiger partial charge in [0.25, 0.3) is 11.1 Å². The maximum Gasteiger partial charge on any atom is 0.268 e. The van der Waals surface area contributed by atoms with Gasteiger partial charge >= 0.3 is 0 Å². The molecule has 3 aromatic rings. The van der Waals surface area contributed by atoms with Gasteiger partial charge in [-0.2, -0.15) is 14.6 Å². The van der Waals surface area contributed by atoms with Gasteiger partial charge in [-0.1, -0.05) is 30.3 Å². The van der Waals surface area contributed by atoms with Crippen molar-refractivity contribution >= 4 is 38.5 Å². The summed E-state index contributed by atoms with van der Waals surface area (Å²) in [4.78, 5) is 16.3. The summed E-state index contributed by atoms with van der Waals surface area (Å²) in [7, 11) is -3.67. The third-order valence-electron chi connectivity index (χ3n) is 4.41. The van der Waals surface area contributed by atoms with Gasteiger partial charge < -0.3 is 4.74 Å². The second-order valence-electron chi connectivity index (χ2n) is 7.05. The van der Waals surface area contributed by atoms with Gasteiger partial charge in [-0.05, 0) is 43.7 Å². The zero-order valence-electron chi connectivity index (χ0n) is 17.6. The number of carbonyl (C=O) groups excluding carboxylic acids is 1. The van der Waals surface area contributed by atoms with Crippen LogP contribution in [0.1, 0.15) is 25.0 Å². The zero-order chi connectivity index (χ0) is 24.0. The summed E-state index contributed by atoms with van der Waals surface area (Å²) in [6, 6.07) is 14.6. The lowest BCUT2D eigenvalue weighted by Gasteiger charge is -2.07. The number of hydrogen-bond donors (Lipinski definition) is 1. The Labute approximate surface area is 194 Å². The first-order valence-corrected chi connectivity index (χ1v) is 12.0. The van der Waals surface area contributed by atoms with Gasteiger partial charge in [-0.25, -0.2) is 12.8 Å². The fraction of sp³-hybridized carbons (Fsp3) is 0.182. The van der Waals surface area contributed by atoms with Crippen molar-refractivity contribution in [1.82, 2.24) is 9.36 Å². The summed E-state index contributed by atoms with van der Waals surface area (Å²) in [5, 5.41) is 10.7. The Hall–Kier alpha value is -3.62. The maximum absolute atomic E-state index is 13.7. The molecule has 8 nitrogen and oxygen atoms in total. The van der Waals surface area contributed by atoms with Gasteiger partial charge in [0.05, 0.1) is 5.25 Å². The predicted octanol–water partition coefficient (Wildman–Crippen LogP) is 3.98. The third kappa shape index (κ3) is 6.00. The van der Waals surface area contributed by atoms with Crippen LogP contribution in [0.25, 0.3) is 6.08 Å². The SMILES string of the molecule is CC(C)S(=O)(=O)c1nsc(NC(=O)/C(C#N)=C\c2ccc(OCc3ccccc3F)cc2)n1. The Morgan fingerprint density at radius 3 is 2.58 bits per heavy atom. The molecule has 0 unspecified atom stereocenters. The summed E-state index contributed by atoms with van der Waals surface area (Å²) in [5.41, 5.74) is 0.768. The van der Waals surface area contributed by atoms with Crippen LogP contribution >= 0.6 is 11.5 Å². The number of nitriles is 1. The first-order valence-electron chi connectivity index (χ1n) is 9.67. The summed E-state index contributed by atoms with van der Waals surface area (Å²) in [6.45, 7) is 3.06. The third-order valence-corrected chi connectivity index (χ3v) is 7.09. The number of ether oxygens (including phenoxy) is 1. The molecule has 0 fully saturated rings. The Morgan fingerprint density at radius 2 is 1.94 bits per heavy atom. The predicted molar refractivity (Wildman–Crippen MR) is 122 cm³/mol. The molecule has 0 saturated carbocycles. The number of anilines is 1. The fourth-order valence-electron chi connectivity index (χ4n) is 2.50. The molecule has 0 bridgehead atoms. The van der Waals surface area contributed by atoms with Crippen LogP contribution < -0.4 is 10.1 Å². The van der Waals surface area contributed by atoms with Gasteiger partial charge in [0.1, 0.15) is 29.8 Å². The molecule has 0 aliphatic rings. The minimum Gasteiger partial charge on any atom is -0.489 e. The Bertz CT molecular complexity index is 1330. The number of nitrogens with one attached hydrogen (secondary N) is 1. The molecule has 0 saturated heterocycles. The fourth-order valence-corrected chi connectivity index (χ4v) is 4.20. The van der Waals surface area contributed by atoms with Gasteiger partial charge in [-0.15, -0.1) is 0 Å². The molecular formula is C22H19FN4O4S2. The molecular weight excluding hydrogens is 467 g/mol. The van der Waals surface area contributed by atoms with E-state index >= 15 is 0 Å². The van der Waals surface area contributed by atoms with Crippen molar-refractivity contribution in [3.63, 3.8) is 0 Å². The van der Waals surface area contributed by atoms with Crippen molar-refractivity contribution in [1.29, 1.82) is 5.26 Å². The van der Waals surface area contributed by atoms with E-state index in [0.29, 0.717) is 28.4 Å². The van der Waals surface area contributed by atoms with E-state index in [1.54, 1.807) is 42.5 Å². The topological polar surface area (TPSA) is 122 Å². The quantitative estimate of drug-likeness (QED) is 0.377. The molecule has 0 radical (unpaired) electrons. The Balaban J connectivity index is 1.66. The largest absolute Gasteiger partial charge is 0.489 e. The average molecular weight is 487 g/mol. The lowest BCUT2D eigenvalue weighted by Crippen LogP contribution is -2.16. The number of rotatable bonds is 8. The number of hydrogen-bond acceptors (Lipinski definition) is 8. The van der Waals surface area contributed by atoms with E-state index in [0.717, 1.165) is 0 Å². The Morgan fingerprint density at radius 1 is 1.24 bits per heavy atom. The van der Waals surface area contributed by atoms with Gasteiger partial charge in [0.2, 0.25) is 15.0 Å². The summed E-state index contributed by atoms with van der Waals surface area (Å²) >= 11 is 0.711. The van der Waals surface area contributed by atoms with Crippen LogP contribution in [0.15, 0.2) is 59.3 Å². The normalized spacial score (nSPS) is 11.8. The van der Waals surface area contributed by atoms with Crippen LogP contribution in [0.3, 0.4) is 0 Å². The van der Waals surface area contributed by atoms with E-state index in [-0.39, 0.29) is 28.3 Å². The molecule has 1 N–H and O–H groups in total. The van der Waals surface area contributed by atoms with Crippen molar-refractivity contribution in [2.24, 2.45) is 0 Å². The first kappa shape index (κ1) is 24.0. The molecule has 11 heteroatoms. The lowest BCUT2D eigenvalue weighted by molar-refractivity contribution is -0.112. The van der Waals surface area contributed by atoms with Crippen molar-refractivity contribution in [3.8, 4) is 11.8 Å². The van der Waals surface area contributed by atoms with Crippen LogP contribution in [0.5, 0.6) is 5.75 Å². The highest BCUT2D eigenvalue weighted by Crippen LogP contribution is 2.20. The van der Waals surface area contributed by atoms with Gasteiger partial charge in [0.15, 0.2) is 0 Å². The van der Waals surface area contributed by atoms with E-state index in [1.165, 1.54) is 26.0 Å². The standard InChI is InChI=1S/C22H19FN4O4S2/c1-14(2)33(29,30)22-26-21(32-27-22)25-20(28)17(12-24)11-15-7-9-18(10-8-15)31-13-16-5-3-4-6-19(16)23/h3-11,14H,13H2,1-2H3,(H,25,26,27,28)/b17-11-. The maximum atomic E-state index is 13.7. The van der Waals surface area contributed by atoms with Crippen molar-refractivity contribution in [2.45, 2.75) is 30.9 Å². The zero-order valence-corrected chi connectivity index (χ0v) is 19.3. The number of halogens is 1. The highest BCUT2D eigenvalue weighted by molar-refractivity contribution is 7.91. The monoisotopic (exact) mass is 486 g/mol. The smallest absolute Gasteiger partial charge is 0.268 e. The highest BCUT2D eigenvalue weighted by atomic mass is 32.2. The molecule has 0 aliphatic carbocycles. The van der Waals surface area contributed by atoms with Crippen molar-refractivity contribution < 1.29 is 22.3 Å². The molecule has 1 heterocycles. The second-order valence-corrected chi connectivity index (χ2v) is 10.2. The number of carbonyl (C=O) groups is 1. The van der Waals surface area contributed by atoms with Crippen LogP contribution in [0, 0.1) is 17.1 Å². The minimum atomic E-state index is -3.67. The molecule has 0 aliphatic heterocycles.